The number of carbonyl (C=O) groups excluding carboxylic acids is 2. The van der Waals surface area contributed by atoms with Crippen LogP contribution in [-0.2, 0) is 9.59 Å². The van der Waals surface area contributed by atoms with Gasteiger partial charge in [0, 0.05) is 6.54 Å². The maximum absolute atomic E-state index is 10.9. The van der Waals surface area contributed by atoms with Crippen molar-refractivity contribution in [1.29, 1.82) is 0 Å². The summed E-state index contributed by atoms with van der Waals surface area (Å²) in [7, 11) is 2.05. The molecule has 0 fully saturated rings. The number of nitrogens with zero attached hydrogens (tertiary/aromatic N) is 1. The third kappa shape index (κ3) is 7.23. The lowest BCUT2D eigenvalue weighted by Gasteiger charge is -2.20. The van der Waals surface area contributed by atoms with E-state index in [0.29, 0.717) is 18.7 Å². The number of hydrogen-bond acceptors (Lipinski definition) is 3. The molecule has 2 amide bonds. The number of hydrogen-bond donors (Lipinski definition) is 2. The first-order chi connectivity index (χ1) is 7.47. The van der Waals surface area contributed by atoms with E-state index in [1.807, 2.05) is 7.05 Å². The standard InChI is InChI=1S/C11H23N3O2/c1-9(2)7-14(3)6-4-5-10(11(12)16)13-8-15/h8-10H,4-7H2,1-3H3,(H2,12,16)(H,13,15). The van der Waals surface area contributed by atoms with Crippen LogP contribution in [0.3, 0.4) is 0 Å². The fraction of sp³-hybridized carbons (Fsp3) is 0.818. The third-order valence-corrected chi connectivity index (χ3v) is 2.32. The Hall–Kier alpha value is -1.10. The molecule has 0 aliphatic rings. The largest absolute Gasteiger partial charge is 0.368 e. The molecule has 0 radical (unpaired) electrons. The highest BCUT2D eigenvalue weighted by atomic mass is 16.2. The Kier molecular flexibility index (Phi) is 7.54. The summed E-state index contributed by atoms with van der Waals surface area (Å²) in [6.45, 7) is 6.26. The van der Waals surface area contributed by atoms with Crippen molar-refractivity contribution < 1.29 is 9.59 Å². The molecule has 0 aromatic heterocycles. The average Bonchev–Trinajstić information content (AvgIpc) is 2.15. The molecule has 0 aromatic rings. The van der Waals surface area contributed by atoms with E-state index in [4.69, 9.17) is 5.73 Å². The third-order valence-electron chi connectivity index (χ3n) is 2.32. The van der Waals surface area contributed by atoms with E-state index in [0.717, 1.165) is 19.5 Å². The molecule has 0 spiro atoms. The zero-order valence-corrected chi connectivity index (χ0v) is 10.4. The van der Waals surface area contributed by atoms with Crippen LogP contribution in [0.4, 0.5) is 0 Å². The van der Waals surface area contributed by atoms with Crippen LogP contribution in [0, 0.1) is 5.92 Å². The zero-order valence-electron chi connectivity index (χ0n) is 10.4. The van der Waals surface area contributed by atoms with Gasteiger partial charge in [-0.3, -0.25) is 9.59 Å². The van der Waals surface area contributed by atoms with E-state index in [9.17, 15) is 9.59 Å². The second kappa shape index (κ2) is 8.10. The van der Waals surface area contributed by atoms with E-state index in [1.165, 1.54) is 0 Å². The van der Waals surface area contributed by atoms with Gasteiger partial charge in [0.1, 0.15) is 6.04 Å². The maximum Gasteiger partial charge on any atom is 0.239 e. The molecule has 0 saturated heterocycles. The van der Waals surface area contributed by atoms with Crippen LogP contribution >= 0.6 is 0 Å². The van der Waals surface area contributed by atoms with Gasteiger partial charge < -0.3 is 16.0 Å². The smallest absolute Gasteiger partial charge is 0.239 e. The summed E-state index contributed by atoms with van der Waals surface area (Å²) >= 11 is 0. The van der Waals surface area contributed by atoms with Crippen LogP contribution in [0.5, 0.6) is 0 Å². The molecule has 3 N–H and O–H groups in total. The van der Waals surface area contributed by atoms with Crippen LogP contribution in [0.25, 0.3) is 0 Å². The predicted octanol–water partition coefficient (Wildman–Crippen LogP) is -0.0457. The lowest BCUT2D eigenvalue weighted by molar-refractivity contribution is -0.122. The molecule has 0 aromatic carbocycles. The van der Waals surface area contributed by atoms with Gasteiger partial charge in [0.15, 0.2) is 0 Å². The van der Waals surface area contributed by atoms with Gasteiger partial charge in [-0.25, -0.2) is 0 Å². The fourth-order valence-electron chi connectivity index (χ4n) is 1.67. The zero-order chi connectivity index (χ0) is 12.6. The summed E-state index contributed by atoms with van der Waals surface area (Å²) in [4.78, 5) is 23.4. The normalized spacial score (nSPS) is 12.8. The Morgan fingerprint density at radius 1 is 1.50 bits per heavy atom. The molecule has 0 bridgehead atoms. The van der Waals surface area contributed by atoms with Gasteiger partial charge in [0.2, 0.25) is 12.3 Å². The van der Waals surface area contributed by atoms with Crippen molar-refractivity contribution in [2.24, 2.45) is 11.7 Å². The first kappa shape index (κ1) is 14.9. The number of nitrogens with two attached hydrogens (primary N) is 1. The van der Waals surface area contributed by atoms with Crippen molar-refractivity contribution in [3.63, 3.8) is 0 Å². The van der Waals surface area contributed by atoms with E-state index in [-0.39, 0.29) is 0 Å². The Morgan fingerprint density at radius 2 is 2.12 bits per heavy atom. The minimum Gasteiger partial charge on any atom is -0.368 e. The molecular weight excluding hydrogens is 206 g/mol. The van der Waals surface area contributed by atoms with E-state index in [2.05, 4.69) is 24.1 Å². The summed E-state index contributed by atoms with van der Waals surface area (Å²) in [5.74, 6) is 0.156. The molecule has 1 unspecified atom stereocenters. The van der Waals surface area contributed by atoms with Gasteiger partial charge in [-0.15, -0.1) is 0 Å². The monoisotopic (exact) mass is 229 g/mol. The molecule has 0 saturated carbocycles. The quantitative estimate of drug-likeness (QED) is 0.544. The van der Waals surface area contributed by atoms with Crippen molar-refractivity contribution in [2.75, 3.05) is 20.1 Å². The van der Waals surface area contributed by atoms with Crippen LogP contribution in [0.1, 0.15) is 26.7 Å². The molecule has 94 valence electrons. The first-order valence-electron chi connectivity index (χ1n) is 5.65. The summed E-state index contributed by atoms with van der Waals surface area (Å²) in [5.41, 5.74) is 5.15. The average molecular weight is 229 g/mol. The number of nitrogens with one attached hydrogen (secondary N) is 1. The second-order valence-electron chi connectivity index (χ2n) is 4.54. The van der Waals surface area contributed by atoms with Crippen molar-refractivity contribution in [3.8, 4) is 0 Å². The van der Waals surface area contributed by atoms with Gasteiger partial charge in [0.25, 0.3) is 0 Å². The molecule has 0 heterocycles. The van der Waals surface area contributed by atoms with Crippen molar-refractivity contribution >= 4 is 12.3 Å². The van der Waals surface area contributed by atoms with E-state index in [1.54, 1.807) is 0 Å². The highest BCUT2D eigenvalue weighted by Gasteiger charge is 2.13. The van der Waals surface area contributed by atoms with E-state index >= 15 is 0 Å². The number of carbonyl (C=O) groups is 2. The molecule has 5 heteroatoms. The number of primary amides is 1. The summed E-state index contributed by atoms with van der Waals surface area (Å²) in [6, 6.07) is -0.537. The molecule has 16 heavy (non-hydrogen) atoms. The number of rotatable bonds is 9. The highest BCUT2D eigenvalue weighted by Crippen LogP contribution is 2.01. The molecule has 0 aliphatic heterocycles. The van der Waals surface area contributed by atoms with Gasteiger partial charge in [-0.05, 0) is 32.4 Å². The fourth-order valence-corrected chi connectivity index (χ4v) is 1.67. The molecule has 0 rings (SSSR count). The molecule has 1 atom stereocenters. The predicted molar refractivity (Wildman–Crippen MR) is 63.8 cm³/mol. The Balaban J connectivity index is 3.76. The first-order valence-corrected chi connectivity index (χ1v) is 5.65. The van der Waals surface area contributed by atoms with E-state index < -0.39 is 11.9 Å². The SMILES string of the molecule is CC(C)CN(C)CCCC(NC=O)C(N)=O. The lowest BCUT2D eigenvalue weighted by atomic mass is 10.1. The molecule has 0 aliphatic carbocycles. The Bertz CT molecular complexity index is 219. The maximum atomic E-state index is 10.9. The molecule has 5 nitrogen and oxygen atoms in total. The van der Waals surface area contributed by atoms with Crippen LogP contribution in [-0.4, -0.2) is 43.4 Å². The van der Waals surface area contributed by atoms with Crippen LogP contribution < -0.4 is 11.1 Å². The minimum absolute atomic E-state index is 0.474. The highest BCUT2D eigenvalue weighted by molar-refractivity contribution is 5.81. The van der Waals surface area contributed by atoms with Crippen molar-refractivity contribution in [2.45, 2.75) is 32.7 Å². The van der Waals surface area contributed by atoms with Gasteiger partial charge in [-0.1, -0.05) is 13.8 Å². The molecular formula is C11H23N3O2. The summed E-state index contributed by atoms with van der Waals surface area (Å²) in [6.07, 6.45) is 1.96. The lowest BCUT2D eigenvalue weighted by Crippen LogP contribution is -2.41. The van der Waals surface area contributed by atoms with Gasteiger partial charge in [-0.2, -0.15) is 0 Å². The topological polar surface area (TPSA) is 75.4 Å². The van der Waals surface area contributed by atoms with Gasteiger partial charge in [0.05, 0.1) is 0 Å². The van der Waals surface area contributed by atoms with Crippen molar-refractivity contribution in [1.82, 2.24) is 10.2 Å². The van der Waals surface area contributed by atoms with Gasteiger partial charge >= 0.3 is 0 Å². The Morgan fingerprint density at radius 3 is 2.56 bits per heavy atom. The summed E-state index contributed by atoms with van der Waals surface area (Å²) < 4.78 is 0. The summed E-state index contributed by atoms with van der Waals surface area (Å²) in [5, 5.41) is 2.42. The Labute approximate surface area is 97.4 Å². The van der Waals surface area contributed by atoms with Crippen molar-refractivity contribution in [3.05, 3.63) is 0 Å². The van der Waals surface area contributed by atoms with Crippen LogP contribution in [0.2, 0.25) is 0 Å². The minimum atomic E-state index is -0.537. The number of amides is 2. The second-order valence-corrected chi connectivity index (χ2v) is 4.54. The van der Waals surface area contributed by atoms with Crippen LogP contribution in [0.15, 0.2) is 0 Å².